The molecule has 0 radical (unpaired) electrons. The number of aryl methyl sites for hydroxylation is 1. The molecule has 0 aliphatic carbocycles. The largest absolute Gasteiger partial charge is 0.505 e. The van der Waals surface area contributed by atoms with Crippen LogP contribution in [0.15, 0.2) is 66.7 Å². The van der Waals surface area contributed by atoms with Crippen molar-refractivity contribution in [2.45, 2.75) is 6.92 Å². The molecule has 4 aromatic rings. The van der Waals surface area contributed by atoms with E-state index in [1.165, 1.54) is 10.8 Å². The van der Waals surface area contributed by atoms with Gasteiger partial charge in [-0.05, 0) is 30.7 Å². The monoisotopic (exact) mass is 273 g/mol. The Morgan fingerprint density at radius 3 is 1.90 bits per heavy atom. The van der Waals surface area contributed by atoms with Gasteiger partial charge in [-0.3, -0.25) is 0 Å². The molecule has 2 heteroatoms. The second kappa shape index (κ2) is 4.38. The van der Waals surface area contributed by atoms with Gasteiger partial charge in [-0.2, -0.15) is 0 Å². The predicted octanol–water partition coefficient (Wildman–Crippen LogP) is 4.80. The molecule has 0 saturated heterocycles. The number of aromatic nitrogens is 1. The van der Waals surface area contributed by atoms with Crippen molar-refractivity contribution in [1.29, 1.82) is 0 Å². The molecule has 21 heavy (non-hydrogen) atoms. The summed E-state index contributed by atoms with van der Waals surface area (Å²) in [5, 5.41) is 12.9. The summed E-state index contributed by atoms with van der Waals surface area (Å²) in [5.74, 6) is 0.337. The smallest absolute Gasteiger partial charge is 0.142 e. The van der Waals surface area contributed by atoms with Crippen LogP contribution in [0.2, 0.25) is 0 Å². The van der Waals surface area contributed by atoms with Crippen molar-refractivity contribution in [3.8, 4) is 11.4 Å². The SMILES string of the molecule is Cc1cccc(-n2c3ccccc3c3ccccc32)c1O. The van der Waals surface area contributed by atoms with Crippen LogP contribution in [0.4, 0.5) is 0 Å². The molecule has 0 saturated carbocycles. The molecule has 0 spiro atoms. The van der Waals surface area contributed by atoms with E-state index in [9.17, 15) is 5.11 Å². The van der Waals surface area contributed by atoms with Crippen LogP contribution in [-0.2, 0) is 0 Å². The molecule has 1 N–H and O–H groups in total. The number of para-hydroxylation sites is 3. The number of phenolic OH excluding ortho intramolecular Hbond substituents is 1. The third-order valence-electron chi connectivity index (χ3n) is 4.04. The first-order chi connectivity index (χ1) is 10.3. The topological polar surface area (TPSA) is 25.2 Å². The summed E-state index contributed by atoms with van der Waals surface area (Å²) in [5.41, 5.74) is 3.93. The van der Waals surface area contributed by atoms with E-state index in [2.05, 4.69) is 41.0 Å². The average Bonchev–Trinajstić information content (AvgIpc) is 2.85. The van der Waals surface area contributed by atoms with Gasteiger partial charge in [0, 0.05) is 10.8 Å². The van der Waals surface area contributed by atoms with E-state index in [-0.39, 0.29) is 0 Å². The van der Waals surface area contributed by atoms with E-state index in [1.807, 2.05) is 37.3 Å². The van der Waals surface area contributed by atoms with Crippen LogP contribution in [0.25, 0.3) is 27.5 Å². The van der Waals surface area contributed by atoms with Crippen LogP contribution < -0.4 is 0 Å². The van der Waals surface area contributed by atoms with E-state index < -0.39 is 0 Å². The number of rotatable bonds is 1. The number of phenols is 1. The van der Waals surface area contributed by atoms with E-state index in [1.54, 1.807) is 0 Å². The lowest BCUT2D eigenvalue weighted by Crippen LogP contribution is -1.95. The van der Waals surface area contributed by atoms with Crippen molar-refractivity contribution in [3.05, 3.63) is 72.3 Å². The van der Waals surface area contributed by atoms with Crippen LogP contribution in [0.1, 0.15) is 5.56 Å². The van der Waals surface area contributed by atoms with Crippen molar-refractivity contribution in [2.75, 3.05) is 0 Å². The van der Waals surface area contributed by atoms with Gasteiger partial charge >= 0.3 is 0 Å². The van der Waals surface area contributed by atoms with Gasteiger partial charge < -0.3 is 9.67 Å². The lowest BCUT2D eigenvalue weighted by Gasteiger charge is -2.11. The number of aromatic hydroxyl groups is 1. The van der Waals surface area contributed by atoms with Crippen molar-refractivity contribution >= 4 is 21.8 Å². The lowest BCUT2D eigenvalue weighted by molar-refractivity contribution is 0.469. The quantitative estimate of drug-likeness (QED) is 0.529. The molecule has 0 unspecified atom stereocenters. The zero-order chi connectivity index (χ0) is 14.4. The Kier molecular flexibility index (Phi) is 2.51. The zero-order valence-electron chi connectivity index (χ0n) is 11.7. The fraction of sp³-hybridized carbons (Fsp3) is 0.0526. The van der Waals surface area contributed by atoms with Crippen molar-refractivity contribution in [2.24, 2.45) is 0 Å². The fourth-order valence-electron chi connectivity index (χ4n) is 3.01. The second-order valence-electron chi connectivity index (χ2n) is 5.31. The highest BCUT2D eigenvalue weighted by Crippen LogP contribution is 2.35. The Balaban J connectivity index is 2.23. The van der Waals surface area contributed by atoms with E-state index in [4.69, 9.17) is 0 Å². The maximum Gasteiger partial charge on any atom is 0.142 e. The minimum atomic E-state index is 0.337. The van der Waals surface area contributed by atoms with Gasteiger partial charge in [-0.25, -0.2) is 0 Å². The highest BCUT2D eigenvalue weighted by molar-refractivity contribution is 6.09. The van der Waals surface area contributed by atoms with Gasteiger partial charge in [0.1, 0.15) is 5.75 Å². The van der Waals surface area contributed by atoms with Crippen LogP contribution in [0.5, 0.6) is 5.75 Å². The summed E-state index contributed by atoms with van der Waals surface area (Å²) in [6.45, 7) is 1.92. The van der Waals surface area contributed by atoms with Crippen LogP contribution in [-0.4, -0.2) is 9.67 Å². The van der Waals surface area contributed by atoms with Crippen molar-refractivity contribution in [1.82, 2.24) is 4.57 Å². The van der Waals surface area contributed by atoms with Crippen molar-refractivity contribution in [3.63, 3.8) is 0 Å². The fourth-order valence-corrected chi connectivity index (χ4v) is 3.01. The Morgan fingerprint density at radius 1 is 0.714 bits per heavy atom. The Bertz CT molecular complexity index is 913. The third kappa shape index (κ3) is 1.66. The van der Waals surface area contributed by atoms with Gasteiger partial charge in [-0.1, -0.05) is 48.5 Å². The molecule has 1 aromatic heterocycles. The van der Waals surface area contributed by atoms with Gasteiger partial charge in [0.15, 0.2) is 0 Å². The second-order valence-corrected chi connectivity index (χ2v) is 5.31. The molecular formula is C19H15NO. The Morgan fingerprint density at radius 2 is 1.29 bits per heavy atom. The number of hydrogen-bond donors (Lipinski definition) is 1. The van der Waals surface area contributed by atoms with E-state index in [0.717, 1.165) is 22.3 Å². The first-order valence-corrected chi connectivity index (χ1v) is 7.04. The Hall–Kier alpha value is -2.74. The summed E-state index contributed by atoms with van der Waals surface area (Å²) in [6.07, 6.45) is 0. The summed E-state index contributed by atoms with van der Waals surface area (Å²) in [4.78, 5) is 0. The minimum absolute atomic E-state index is 0.337. The maximum atomic E-state index is 10.5. The molecule has 2 nitrogen and oxygen atoms in total. The predicted molar refractivity (Wildman–Crippen MR) is 87.2 cm³/mol. The molecule has 0 bridgehead atoms. The molecule has 0 fully saturated rings. The van der Waals surface area contributed by atoms with Crippen molar-refractivity contribution < 1.29 is 5.11 Å². The molecule has 1 heterocycles. The highest BCUT2D eigenvalue weighted by Gasteiger charge is 2.14. The summed E-state index contributed by atoms with van der Waals surface area (Å²) >= 11 is 0. The molecule has 4 rings (SSSR count). The van der Waals surface area contributed by atoms with E-state index >= 15 is 0 Å². The van der Waals surface area contributed by atoms with Gasteiger partial charge in [0.05, 0.1) is 16.7 Å². The molecule has 0 atom stereocenters. The molecule has 3 aromatic carbocycles. The number of hydrogen-bond acceptors (Lipinski definition) is 1. The summed E-state index contributed by atoms with van der Waals surface area (Å²) in [6, 6.07) is 22.5. The number of nitrogens with zero attached hydrogens (tertiary/aromatic N) is 1. The van der Waals surface area contributed by atoms with Gasteiger partial charge in [-0.15, -0.1) is 0 Å². The molecule has 102 valence electrons. The molecule has 0 amide bonds. The van der Waals surface area contributed by atoms with Gasteiger partial charge in [0.2, 0.25) is 0 Å². The van der Waals surface area contributed by atoms with E-state index in [0.29, 0.717) is 5.75 Å². The minimum Gasteiger partial charge on any atom is -0.505 e. The molecule has 0 aliphatic heterocycles. The number of fused-ring (bicyclic) bond motifs is 3. The maximum absolute atomic E-state index is 10.5. The zero-order valence-corrected chi connectivity index (χ0v) is 11.7. The number of benzene rings is 3. The first-order valence-electron chi connectivity index (χ1n) is 7.04. The third-order valence-corrected chi connectivity index (χ3v) is 4.04. The highest BCUT2D eigenvalue weighted by atomic mass is 16.3. The summed E-state index contributed by atoms with van der Waals surface area (Å²) in [7, 11) is 0. The first kappa shape index (κ1) is 12.0. The lowest BCUT2D eigenvalue weighted by atomic mass is 10.2. The Labute approximate surface area is 122 Å². The molecular weight excluding hydrogens is 258 g/mol. The standard InChI is InChI=1S/C19H15NO/c1-13-7-6-12-18(19(13)21)20-16-10-4-2-8-14(16)15-9-3-5-11-17(15)20/h2-12,21H,1H3. The van der Waals surface area contributed by atoms with Gasteiger partial charge in [0.25, 0.3) is 0 Å². The average molecular weight is 273 g/mol. The van der Waals surface area contributed by atoms with Crippen LogP contribution in [0.3, 0.4) is 0 Å². The molecule has 0 aliphatic rings. The normalized spacial score (nSPS) is 11.3. The van der Waals surface area contributed by atoms with Crippen LogP contribution >= 0.6 is 0 Å². The summed E-state index contributed by atoms with van der Waals surface area (Å²) < 4.78 is 2.13. The van der Waals surface area contributed by atoms with Crippen LogP contribution in [0, 0.1) is 6.92 Å².